The predicted octanol–water partition coefficient (Wildman–Crippen LogP) is 2.12. The van der Waals surface area contributed by atoms with E-state index >= 15 is 0 Å². The summed E-state index contributed by atoms with van der Waals surface area (Å²) >= 11 is 6.07. The van der Waals surface area contributed by atoms with Crippen LogP contribution >= 0.6 is 11.6 Å². The molecule has 1 amide bonds. The number of aromatic nitrogens is 1. The Bertz CT molecular complexity index is 787. The van der Waals surface area contributed by atoms with E-state index in [9.17, 15) is 9.59 Å². The van der Waals surface area contributed by atoms with Crippen molar-refractivity contribution in [2.75, 3.05) is 19.6 Å². The minimum absolute atomic E-state index is 0.143. The van der Waals surface area contributed by atoms with Gasteiger partial charge in [0.15, 0.2) is 0 Å². The third kappa shape index (κ3) is 3.30. The second kappa shape index (κ2) is 6.56. The third-order valence-corrected chi connectivity index (χ3v) is 4.26. The SMILES string of the molecule is Cc1ccc(C(=O)N2CCNCC2c2cccc(Cl)c2)c(=O)[nH]1. The second-order valence-corrected chi connectivity index (χ2v) is 6.09. The van der Waals surface area contributed by atoms with E-state index in [2.05, 4.69) is 10.3 Å². The van der Waals surface area contributed by atoms with Gasteiger partial charge in [-0.25, -0.2) is 0 Å². The Morgan fingerprint density at radius 2 is 2.13 bits per heavy atom. The molecule has 5 nitrogen and oxygen atoms in total. The molecule has 1 fully saturated rings. The number of nitrogens with one attached hydrogen (secondary N) is 2. The number of hydrogen-bond donors (Lipinski definition) is 2. The Labute approximate surface area is 139 Å². The van der Waals surface area contributed by atoms with Gasteiger partial charge in [-0.2, -0.15) is 0 Å². The molecule has 1 aromatic carbocycles. The lowest BCUT2D eigenvalue weighted by molar-refractivity contribution is 0.0632. The van der Waals surface area contributed by atoms with Crippen LogP contribution in [0.15, 0.2) is 41.2 Å². The van der Waals surface area contributed by atoms with Gasteiger partial charge in [-0.1, -0.05) is 23.7 Å². The summed E-state index contributed by atoms with van der Waals surface area (Å²) in [6, 6.07) is 10.7. The number of carbonyl (C=O) groups excluding carboxylic acids is 1. The van der Waals surface area contributed by atoms with Crippen LogP contribution in [-0.4, -0.2) is 35.4 Å². The molecule has 2 N–H and O–H groups in total. The van der Waals surface area contributed by atoms with Gasteiger partial charge in [0.25, 0.3) is 11.5 Å². The number of nitrogens with zero attached hydrogens (tertiary/aromatic N) is 1. The van der Waals surface area contributed by atoms with Crippen LogP contribution in [0.1, 0.15) is 27.7 Å². The van der Waals surface area contributed by atoms with E-state index in [0.717, 1.165) is 11.3 Å². The number of benzene rings is 1. The number of carbonyl (C=O) groups is 1. The van der Waals surface area contributed by atoms with Gasteiger partial charge in [-0.3, -0.25) is 9.59 Å². The van der Waals surface area contributed by atoms with Gasteiger partial charge in [0, 0.05) is 30.4 Å². The van der Waals surface area contributed by atoms with Crippen molar-refractivity contribution >= 4 is 17.5 Å². The molecule has 1 saturated heterocycles. The Kier molecular flexibility index (Phi) is 4.50. The molecule has 1 atom stereocenters. The van der Waals surface area contributed by atoms with Crippen LogP contribution in [0.5, 0.6) is 0 Å². The maximum absolute atomic E-state index is 12.8. The number of hydrogen-bond acceptors (Lipinski definition) is 3. The first-order valence-electron chi connectivity index (χ1n) is 7.53. The quantitative estimate of drug-likeness (QED) is 0.886. The average Bonchev–Trinajstić information content (AvgIpc) is 2.54. The zero-order chi connectivity index (χ0) is 16.4. The molecule has 120 valence electrons. The lowest BCUT2D eigenvalue weighted by Crippen LogP contribution is -2.49. The number of aryl methyl sites for hydroxylation is 1. The van der Waals surface area contributed by atoms with Crippen molar-refractivity contribution in [3.05, 3.63) is 68.6 Å². The smallest absolute Gasteiger partial charge is 0.260 e. The molecule has 2 heterocycles. The predicted molar refractivity (Wildman–Crippen MR) is 89.9 cm³/mol. The number of rotatable bonds is 2. The van der Waals surface area contributed by atoms with E-state index in [4.69, 9.17) is 11.6 Å². The van der Waals surface area contributed by atoms with Crippen LogP contribution in [-0.2, 0) is 0 Å². The highest BCUT2D eigenvalue weighted by Gasteiger charge is 2.29. The first-order valence-corrected chi connectivity index (χ1v) is 7.91. The van der Waals surface area contributed by atoms with Crippen LogP contribution in [0.25, 0.3) is 0 Å². The van der Waals surface area contributed by atoms with Gasteiger partial charge in [0.05, 0.1) is 6.04 Å². The average molecular weight is 332 g/mol. The number of H-pyrrole nitrogens is 1. The number of halogens is 1. The van der Waals surface area contributed by atoms with Crippen molar-refractivity contribution in [2.45, 2.75) is 13.0 Å². The topological polar surface area (TPSA) is 65.2 Å². The molecule has 2 aromatic rings. The maximum Gasteiger partial charge on any atom is 0.260 e. The monoisotopic (exact) mass is 331 g/mol. The standard InChI is InChI=1S/C17H18ClN3O2/c1-11-5-6-14(16(22)20-11)17(23)21-8-7-19-10-15(21)12-3-2-4-13(18)9-12/h2-6,9,15,19H,7-8,10H2,1H3,(H,20,22). The molecule has 1 aromatic heterocycles. The molecular formula is C17H18ClN3O2. The van der Waals surface area contributed by atoms with Gasteiger partial charge in [0.2, 0.25) is 0 Å². The van der Waals surface area contributed by atoms with Crippen molar-refractivity contribution in [2.24, 2.45) is 0 Å². The fourth-order valence-electron chi connectivity index (χ4n) is 2.85. The van der Waals surface area contributed by atoms with Crippen LogP contribution in [0.3, 0.4) is 0 Å². The van der Waals surface area contributed by atoms with E-state index in [1.165, 1.54) is 0 Å². The van der Waals surface area contributed by atoms with Crippen LogP contribution < -0.4 is 10.9 Å². The van der Waals surface area contributed by atoms with Crippen molar-refractivity contribution in [1.29, 1.82) is 0 Å². The zero-order valence-corrected chi connectivity index (χ0v) is 13.6. The number of piperazine rings is 1. The molecule has 23 heavy (non-hydrogen) atoms. The molecule has 0 aliphatic carbocycles. The minimum atomic E-state index is -0.349. The Hall–Kier alpha value is -2.11. The normalized spacial score (nSPS) is 18.0. The number of amides is 1. The highest BCUT2D eigenvalue weighted by Crippen LogP contribution is 2.25. The Morgan fingerprint density at radius 3 is 2.87 bits per heavy atom. The van der Waals surface area contributed by atoms with E-state index in [1.807, 2.05) is 18.2 Å². The molecule has 0 saturated carbocycles. The lowest BCUT2D eigenvalue weighted by atomic mass is 10.0. The fourth-order valence-corrected chi connectivity index (χ4v) is 3.05. The molecule has 1 aliphatic heterocycles. The lowest BCUT2D eigenvalue weighted by Gasteiger charge is -2.36. The highest BCUT2D eigenvalue weighted by atomic mass is 35.5. The van der Waals surface area contributed by atoms with Crippen LogP contribution in [0.2, 0.25) is 5.02 Å². The maximum atomic E-state index is 12.8. The van der Waals surface area contributed by atoms with Crippen molar-refractivity contribution in [3.8, 4) is 0 Å². The number of aromatic amines is 1. The molecule has 1 aliphatic rings. The van der Waals surface area contributed by atoms with Crippen molar-refractivity contribution in [1.82, 2.24) is 15.2 Å². The molecule has 1 unspecified atom stereocenters. The van der Waals surface area contributed by atoms with Crippen molar-refractivity contribution in [3.63, 3.8) is 0 Å². The van der Waals surface area contributed by atoms with Crippen molar-refractivity contribution < 1.29 is 4.79 Å². The number of pyridine rings is 1. The molecular weight excluding hydrogens is 314 g/mol. The largest absolute Gasteiger partial charge is 0.329 e. The highest BCUT2D eigenvalue weighted by molar-refractivity contribution is 6.30. The molecule has 6 heteroatoms. The fraction of sp³-hybridized carbons (Fsp3) is 0.294. The summed E-state index contributed by atoms with van der Waals surface area (Å²) in [5, 5.41) is 3.92. The Balaban J connectivity index is 1.95. The van der Waals surface area contributed by atoms with Gasteiger partial charge < -0.3 is 15.2 Å². The van der Waals surface area contributed by atoms with Crippen LogP contribution in [0, 0.1) is 6.92 Å². The van der Waals surface area contributed by atoms with Crippen LogP contribution in [0.4, 0.5) is 0 Å². The molecule has 0 bridgehead atoms. The van der Waals surface area contributed by atoms with E-state index in [-0.39, 0.29) is 23.1 Å². The Morgan fingerprint density at radius 1 is 1.30 bits per heavy atom. The first-order chi connectivity index (χ1) is 11.1. The molecule has 0 radical (unpaired) electrons. The van der Waals surface area contributed by atoms with Gasteiger partial charge in [-0.05, 0) is 36.8 Å². The summed E-state index contributed by atoms with van der Waals surface area (Å²) in [6.07, 6.45) is 0. The molecule has 3 rings (SSSR count). The van der Waals surface area contributed by atoms with Gasteiger partial charge >= 0.3 is 0 Å². The summed E-state index contributed by atoms with van der Waals surface area (Å²) in [5.74, 6) is -0.252. The first kappa shape index (κ1) is 15.8. The summed E-state index contributed by atoms with van der Waals surface area (Å²) in [5.41, 5.74) is 1.52. The van der Waals surface area contributed by atoms with Gasteiger partial charge in [0.1, 0.15) is 5.56 Å². The zero-order valence-electron chi connectivity index (χ0n) is 12.8. The molecule has 0 spiro atoms. The second-order valence-electron chi connectivity index (χ2n) is 5.66. The van der Waals surface area contributed by atoms with E-state index in [0.29, 0.717) is 24.7 Å². The van der Waals surface area contributed by atoms with E-state index in [1.54, 1.807) is 30.0 Å². The summed E-state index contributed by atoms with van der Waals surface area (Å²) < 4.78 is 0. The summed E-state index contributed by atoms with van der Waals surface area (Å²) in [4.78, 5) is 29.3. The summed E-state index contributed by atoms with van der Waals surface area (Å²) in [7, 11) is 0. The van der Waals surface area contributed by atoms with Gasteiger partial charge in [-0.15, -0.1) is 0 Å². The summed E-state index contributed by atoms with van der Waals surface area (Å²) in [6.45, 7) is 3.67. The third-order valence-electron chi connectivity index (χ3n) is 4.02. The minimum Gasteiger partial charge on any atom is -0.329 e. The van der Waals surface area contributed by atoms with E-state index < -0.39 is 0 Å².